The maximum atomic E-state index is 12.1. The van der Waals surface area contributed by atoms with Crippen molar-refractivity contribution in [1.29, 1.82) is 0 Å². The lowest BCUT2D eigenvalue weighted by Gasteiger charge is -2.19. The van der Waals surface area contributed by atoms with Gasteiger partial charge in [-0.25, -0.2) is 4.79 Å². The third-order valence-electron chi connectivity index (χ3n) is 3.34. The number of carbonyl (C=O) groups is 2. The normalized spacial score (nSPS) is 11.1. The number of benzene rings is 1. The Balaban J connectivity index is 0.00000729. The Labute approximate surface area is 184 Å². The fourth-order valence-corrected chi connectivity index (χ4v) is 2.12. The SMILES string of the molecule is CCc1cccc(NC(=O)CNC(=NC)NCCNC(=O)OC(C)(C)C)c1.I. The zero-order valence-electron chi connectivity index (χ0n) is 17.2. The minimum absolute atomic E-state index is 0. The van der Waals surface area contributed by atoms with Crippen molar-refractivity contribution in [3.8, 4) is 0 Å². The molecule has 1 aromatic carbocycles. The van der Waals surface area contributed by atoms with E-state index in [2.05, 4.69) is 33.2 Å². The molecule has 158 valence electrons. The third kappa shape index (κ3) is 11.6. The summed E-state index contributed by atoms with van der Waals surface area (Å²) in [4.78, 5) is 27.6. The summed E-state index contributed by atoms with van der Waals surface area (Å²) in [6, 6.07) is 7.74. The highest BCUT2D eigenvalue weighted by molar-refractivity contribution is 14.0. The predicted molar refractivity (Wildman–Crippen MR) is 123 cm³/mol. The molecule has 9 heteroatoms. The Hall–Kier alpha value is -2.04. The van der Waals surface area contributed by atoms with Gasteiger partial charge in [0.2, 0.25) is 5.91 Å². The van der Waals surface area contributed by atoms with Gasteiger partial charge in [-0.15, -0.1) is 24.0 Å². The minimum Gasteiger partial charge on any atom is -0.444 e. The molecule has 8 nitrogen and oxygen atoms in total. The first kappa shape index (κ1) is 26.0. The van der Waals surface area contributed by atoms with E-state index >= 15 is 0 Å². The molecule has 0 saturated heterocycles. The smallest absolute Gasteiger partial charge is 0.407 e. The molecule has 28 heavy (non-hydrogen) atoms. The van der Waals surface area contributed by atoms with Crippen LogP contribution in [0.1, 0.15) is 33.3 Å². The minimum atomic E-state index is -0.529. The van der Waals surface area contributed by atoms with Crippen molar-refractivity contribution in [2.24, 2.45) is 4.99 Å². The van der Waals surface area contributed by atoms with Crippen LogP contribution in [-0.2, 0) is 16.0 Å². The number of nitrogens with zero attached hydrogens (tertiary/aromatic N) is 1. The van der Waals surface area contributed by atoms with E-state index in [1.165, 1.54) is 0 Å². The van der Waals surface area contributed by atoms with Gasteiger partial charge in [0, 0.05) is 25.8 Å². The van der Waals surface area contributed by atoms with Crippen LogP contribution in [0.4, 0.5) is 10.5 Å². The van der Waals surface area contributed by atoms with E-state index in [0.717, 1.165) is 17.7 Å². The molecule has 4 N–H and O–H groups in total. The predicted octanol–water partition coefficient (Wildman–Crippen LogP) is 2.50. The van der Waals surface area contributed by atoms with Crippen LogP contribution >= 0.6 is 24.0 Å². The second kappa shape index (κ2) is 13.2. The second-order valence-electron chi connectivity index (χ2n) is 6.88. The Bertz CT molecular complexity index is 659. The van der Waals surface area contributed by atoms with Crippen LogP contribution < -0.4 is 21.3 Å². The van der Waals surface area contributed by atoms with Crippen LogP contribution in [0.25, 0.3) is 0 Å². The maximum Gasteiger partial charge on any atom is 0.407 e. The lowest BCUT2D eigenvalue weighted by molar-refractivity contribution is -0.115. The van der Waals surface area contributed by atoms with Gasteiger partial charge in [0.1, 0.15) is 5.60 Å². The van der Waals surface area contributed by atoms with Crippen LogP contribution in [0.3, 0.4) is 0 Å². The maximum absolute atomic E-state index is 12.1. The number of aryl methyl sites for hydroxylation is 1. The first-order valence-corrected chi connectivity index (χ1v) is 9.03. The third-order valence-corrected chi connectivity index (χ3v) is 3.34. The Kier molecular flexibility index (Phi) is 12.2. The van der Waals surface area contributed by atoms with Gasteiger partial charge in [0.05, 0.1) is 6.54 Å². The van der Waals surface area contributed by atoms with Gasteiger partial charge in [0.25, 0.3) is 0 Å². The van der Waals surface area contributed by atoms with Crippen molar-refractivity contribution in [2.75, 3.05) is 32.0 Å². The van der Waals surface area contributed by atoms with E-state index in [1.54, 1.807) is 27.8 Å². The van der Waals surface area contributed by atoms with Crippen LogP contribution in [0.5, 0.6) is 0 Å². The van der Waals surface area contributed by atoms with Gasteiger partial charge in [-0.05, 0) is 44.9 Å². The summed E-state index contributed by atoms with van der Waals surface area (Å²) in [7, 11) is 1.61. The lowest BCUT2D eigenvalue weighted by Crippen LogP contribution is -2.44. The summed E-state index contributed by atoms with van der Waals surface area (Å²) < 4.78 is 5.15. The molecule has 0 heterocycles. The van der Waals surface area contributed by atoms with Crippen LogP contribution in [-0.4, -0.2) is 50.2 Å². The number of hydrogen-bond donors (Lipinski definition) is 4. The number of anilines is 1. The summed E-state index contributed by atoms with van der Waals surface area (Å²) in [5.41, 5.74) is 1.40. The molecule has 0 bridgehead atoms. The molecule has 0 spiro atoms. The molecule has 1 aromatic rings. The average Bonchev–Trinajstić information content (AvgIpc) is 2.59. The van der Waals surface area contributed by atoms with E-state index in [9.17, 15) is 9.59 Å². The summed E-state index contributed by atoms with van der Waals surface area (Å²) in [5, 5.41) is 11.4. The first-order chi connectivity index (χ1) is 12.7. The van der Waals surface area contributed by atoms with E-state index in [4.69, 9.17) is 4.74 Å². The Morgan fingerprint density at radius 1 is 1.11 bits per heavy atom. The standard InChI is InChI=1S/C19H31N5O3.HI/c1-6-14-8-7-9-15(12-14)24-16(25)13-23-17(20-5)21-10-11-22-18(26)27-19(2,3)4;/h7-9,12H,6,10-11,13H2,1-5H3,(H,22,26)(H,24,25)(H2,20,21,23);1H. The van der Waals surface area contributed by atoms with Crippen molar-refractivity contribution < 1.29 is 14.3 Å². The zero-order valence-corrected chi connectivity index (χ0v) is 19.5. The summed E-state index contributed by atoms with van der Waals surface area (Å²) in [6.45, 7) is 8.37. The molecular formula is C19H32IN5O3. The molecule has 0 unspecified atom stereocenters. The molecule has 0 atom stereocenters. The molecule has 0 radical (unpaired) electrons. The number of amides is 2. The fraction of sp³-hybridized carbons (Fsp3) is 0.526. The molecule has 0 saturated carbocycles. The van der Waals surface area contributed by atoms with Crippen LogP contribution in [0, 0.1) is 0 Å². The number of carbonyl (C=O) groups excluding carboxylic acids is 2. The van der Waals surface area contributed by atoms with Gasteiger partial charge in [-0.2, -0.15) is 0 Å². The lowest BCUT2D eigenvalue weighted by atomic mass is 10.1. The topological polar surface area (TPSA) is 104 Å². The van der Waals surface area contributed by atoms with Crippen molar-refractivity contribution in [3.63, 3.8) is 0 Å². The van der Waals surface area contributed by atoms with Crippen LogP contribution in [0.2, 0.25) is 0 Å². The first-order valence-electron chi connectivity index (χ1n) is 9.03. The second-order valence-corrected chi connectivity index (χ2v) is 6.88. The largest absolute Gasteiger partial charge is 0.444 e. The quantitative estimate of drug-likeness (QED) is 0.197. The molecular weight excluding hydrogens is 473 g/mol. The monoisotopic (exact) mass is 505 g/mol. The molecule has 2 amide bonds. The van der Waals surface area contributed by atoms with Gasteiger partial charge >= 0.3 is 6.09 Å². The zero-order chi connectivity index (χ0) is 20.3. The van der Waals surface area contributed by atoms with Crippen molar-refractivity contribution in [2.45, 2.75) is 39.7 Å². The van der Waals surface area contributed by atoms with Crippen LogP contribution in [0.15, 0.2) is 29.3 Å². The van der Waals surface area contributed by atoms with Crippen molar-refractivity contribution in [3.05, 3.63) is 29.8 Å². The highest BCUT2D eigenvalue weighted by Crippen LogP contribution is 2.10. The van der Waals surface area contributed by atoms with Gasteiger partial charge in [-0.1, -0.05) is 19.1 Å². The average molecular weight is 505 g/mol. The molecule has 0 aromatic heterocycles. The molecule has 1 rings (SSSR count). The van der Waals surface area contributed by atoms with E-state index in [0.29, 0.717) is 19.0 Å². The summed E-state index contributed by atoms with van der Waals surface area (Å²) in [6.07, 6.45) is 0.441. The van der Waals surface area contributed by atoms with Gasteiger partial charge in [0.15, 0.2) is 5.96 Å². The number of aliphatic imine (C=N–C) groups is 1. The molecule has 0 fully saturated rings. The van der Waals surface area contributed by atoms with E-state index < -0.39 is 11.7 Å². The number of guanidine groups is 1. The number of rotatable bonds is 7. The number of hydrogen-bond acceptors (Lipinski definition) is 4. The number of halogens is 1. The van der Waals surface area contributed by atoms with Gasteiger partial charge in [-0.3, -0.25) is 9.79 Å². The summed E-state index contributed by atoms with van der Waals surface area (Å²) >= 11 is 0. The van der Waals surface area contributed by atoms with E-state index in [1.807, 2.05) is 24.3 Å². The van der Waals surface area contributed by atoms with Gasteiger partial charge < -0.3 is 26.0 Å². The summed E-state index contributed by atoms with van der Waals surface area (Å²) in [5.74, 6) is 0.302. The highest BCUT2D eigenvalue weighted by atomic mass is 127. The van der Waals surface area contributed by atoms with Crippen molar-refractivity contribution in [1.82, 2.24) is 16.0 Å². The van der Waals surface area contributed by atoms with E-state index in [-0.39, 0.29) is 36.4 Å². The number of ether oxygens (including phenoxy) is 1. The molecule has 0 aliphatic heterocycles. The fourth-order valence-electron chi connectivity index (χ4n) is 2.12. The highest BCUT2D eigenvalue weighted by Gasteiger charge is 2.15. The Morgan fingerprint density at radius 3 is 2.39 bits per heavy atom. The molecule has 0 aliphatic carbocycles. The number of nitrogens with one attached hydrogen (secondary N) is 4. The van der Waals surface area contributed by atoms with Crippen molar-refractivity contribution >= 4 is 47.6 Å². The Morgan fingerprint density at radius 2 is 1.79 bits per heavy atom. The number of alkyl carbamates (subject to hydrolysis) is 1. The molecule has 0 aliphatic rings.